The molecule has 0 bridgehead atoms. The van der Waals surface area contributed by atoms with Crippen LogP contribution in [0.15, 0.2) is 33.6 Å². The number of halogens is 2. The van der Waals surface area contributed by atoms with Crippen molar-refractivity contribution in [2.24, 2.45) is 0 Å². The number of rotatable bonds is 6. The number of nitrogens with one attached hydrogen (secondary N) is 1. The monoisotopic (exact) mass is 339 g/mol. The van der Waals surface area contributed by atoms with Gasteiger partial charge in [0.05, 0.1) is 4.90 Å². The van der Waals surface area contributed by atoms with Crippen molar-refractivity contribution in [3.05, 3.63) is 28.7 Å². The smallest absolute Gasteiger partial charge is 0.211 e. The van der Waals surface area contributed by atoms with E-state index < -0.39 is 10.0 Å². The molecule has 0 heterocycles. The summed E-state index contributed by atoms with van der Waals surface area (Å²) < 4.78 is 27.0. The molecule has 1 atom stereocenters. The van der Waals surface area contributed by atoms with Crippen LogP contribution in [0.1, 0.15) is 19.8 Å². The van der Waals surface area contributed by atoms with Gasteiger partial charge in [-0.1, -0.05) is 22.0 Å². The average Bonchev–Trinajstić information content (AvgIpc) is 2.24. The van der Waals surface area contributed by atoms with Crippen molar-refractivity contribution in [1.29, 1.82) is 0 Å². The lowest BCUT2D eigenvalue weighted by atomic mass is 10.2. The minimum absolute atomic E-state index is 0.0744. The van der Waals surface area contributed by atoms with Crippen molar-refractivity contribution in [3.63, 3.8) is 0 Å². The molecule has 0 radical (unpaired) electrons. The predicted molar refractivity (Wildman–Crippen MR) is 73.9 cm³/mol. The van der Waals surface area contributed by atoms with Gasteiger partial charge in [0.25, 0.3) is 0 Å². The first-order valence-electron chi connectivity index (χ1n) is 5.31. The molecule has 0 saturated carbocycles. The standard InChI is InChI=1S/C11H15BrClNO2S/c1-9(13)4-3-7-14-17(15,16)11-6-2-5-10(12)8-11/h2,5-6,8-9,14H,3-4,7H2,1H3. The Bertz CT molecular complexity index is 462. The summed E-state index contributed by atoms with van der Waals surface area (Å²) in [5.74, 6) is 0. The summed E-state index contributed by atoms with van der Waals surface area (Å²) >= 11 is 9.03. The van der Waals surface area contributed by atoms with Gasteiger partial charge in [-0.3, -0.25) is 0 Å². The summed E-state index contributed by atoms with van der Waals surface area (Å²) in [6.45, 7) is 2.30. The van der Waals surface area contributed by atoms with Crippen LogP contribution in [-0.2, 0) is 10.0 Å². The van der Waals surface area contributed by atoms with Gasteiger partial charge in [-0.25, -0.2) is 13.1 Å². The molecule has 1 aromatic carbocycles. The number of hydrogen-bond acceptors (Lipinski definition) is 2. The Balaban J connectivity index is 2.57. The molecule has 0 saturated heterocycles. The van der Waals surface area contributed by atoms with Crippen molar-refractivity contribution in [2.45, 2.75) is 30.0 Å². The molecular formula is C11H15BrClNO2S. The topological polar surface area (TPSA) is 46.2 Å². The first-order chi connectivity index (χ1) is 7.92. The maximum Gasteiger partial charge on any atom is 0.240 e. The summed E-state index contributed by atoms with van der Waals surface area (Å²) in [6.07, 6.45) is 1.53. The molecule has 0 fully saturated rings. The Morgan fingerprint density at radius 1 is 1.47 bits per heavy atom. The van der Waals surface area contributed by atoms with E-state index in [1.807, 2.05) is 6.92 Å². The third-order valence-corrected chi connectivity index (χ3v) is 4.35. The van der Waals surface area contributed by atoms with E-state index in [4.69, 9.17) is 11.6 Å². The molecule has 1 rings (SSSR count). The highest BCUT2D eigenvalue weighted by Crippen LogP contribution is 2.15. The van der Waals surface area contributed by atoms with Crippen molar-refractivity contribution >= 4 is 37.6 Å². The first-order valence-corrected chi connectivity index (χ1v) is 8.02. The van der Waals surface area contributed by atoms with E-state index in [9.17, 15) is 8.42 Å². The summed E-state index contributed by atoms with van der Waals surface area (Å²) in [7, 11) is -3.40. The van der Waals surface area contributed by atoms with Crippen LogP contribution in [0.4, 0.5) is 0 Å². The molecule has 96 valence electrons. The fourth-order valence-electron chi connectivity index (χ4n) is 1.31. The zero-order chi connectivity index (χ0) is 12.9. The molecule has 1 unspecified atom stereocenters. The van der Waals surface area contributed by atoms with Crippen LogP contribution in [0.5, 0.6) is 0 Å². The summed E-state index contributed by atoms with van der Waals surface area (Å²) in [4.78, 5) is 0.269. The molecular weight excluding hydrogens is 326 g/mol. The lowest BCUT2D eigenvalue weighted by Crippen LogP contribution is -2.25. The molecule has 3 nitrogen and oxygen atoms in total. The van der Waals surface area contributed by atoms with E-state index in [0.717, 1.165) is 17.3 Å². The highest BCUT2D eigenvalue weighted by Gasteiger charge is 2.13. The van der Waals surface area contributed by atoms with E-state index in [-0.39, 0.29) is 10.3 Å². The molecule has 0 aliphatic heterocycles. The minimum atomic E-state index is -3.40. The number of alkyl halides is 1. The fourth-order valence-corrected chi connectivity index (χ4v) is 3.13. The Morgan fingerprint density at radius 2 is 2.18 bits per heavy atom. The predicted octanol–water partition coefficient (Wildman–Crippen LogP) is 3.13. The molecule has 6 heteroatoms. The van der Waals surface area contributed by atoms with Crippen LogP contribution < -0.4 is 4.72 Å². The van der Waals surface area contributed by atoms with Crippen LogP contribution in [-0.4, -0.2) is 20.3 Å². The molecule has 0 aliphatic rings. The van der Waals surface area contributed by atoms with E-state index in [0.29, 0.717) is 6.54 Å². The maximum atomic E-state index is 11.9. The van der Waals surface area contributed by atoms with Crippen LogP contribution >= 0.6 is 27.5 Å². The second-order valence-electron chi connectivity index (χ2n) is 3.78. The van der Waals surface area contributed by atoms with Gasteiger partial charge in [0.1, 0.15) is 0 Å². The third-order valence-electron chi connectivity index (χ3n) is 2.18. The molecule has 0 aliphatic carbocycles. The average molecular weight is 341 g/mol. The second-order valence-corrected chi connectivity index (χ2v) is 7.21. The van der Waals surface area contributed by atoms with Gasteiger partial charge in [-0.05, 0) is 38.0 Å². The summed E-state index contributed by atoms with van der Waals surface area (Å²) in [5, 5.41) is 0.0744. The van der Waals surface area contributed by atoms with Crippen molar-refractivity contribution in [1.82, 2.24) is 4.72 Å². The number of hydrogen-bond donors (Lipinski definition) is 1. The molecule has 1 N–H and O–H groups in total. The SMILES string of the molecule is CC(Cl)CCCNS(=O)(=O)c1cccc(Br)c1. The van der Waals surface area contributed by atoms with Crippen LogP contribution in [0.2, 0.25) is 0 Å². The third kappa shape index (κ3) is 5.38. The Labute approximate surface area is 116 Å². The zero-order valence-corrected chi connectivity index (χ0v) is 12.6. The van der Waals surface area contributed by atoms with Gasteiger partial charge in [-0.2, -0.15) is 0 Å². The van der Waals surface area contributed by atoms with E-state index >= 15 is 0 Å². The highest BCUT2D eigenvalue weighted by atomic mass is 79.9. The Hall–Kier alpha value is -0.100. The first kappa shape index (κ1) is 15.0. The van der Waals surface area contributed by atoms with Gasteiger partial charge in [0, 0.05) is 16.4 Å². The lowest BCUT2D eigenvalue weighted by Gasteiger charge is -2.07. The maximum absolute atomic E-state index is 11.9. The van der Waals surface area contributed by atoms with Crippen molar-refractivity contribution in [2.75, 3.05) is 6.54 Å². The van der Waals surface area contributed by atoms with Gasteiger partial charge in [-0.15, -0.1) is 11.6 Å². The lowest BCUT2D eigenvalue weighted by molar-refractivity contribution is 0.576. The molecule has 17 heavy (non-hydrogen) atoms. The fraction of sp³-hybridized carbons (Fsp3) is 0.455. The van der Waals surface area contributed by atoms with Crippen molar-refractivity contribution < 1.29 is 8.42 Å². The Kier molecular flexibility index (Phi) is 5.92. The van der Waals surface area contributed by atoms with Gasteiger partial charge in [0.2, 0.25) is 10.0 Å². The molecule has 1 aromatic rings. The highest BCUT2D eigenvalue weighted by molar-refractivity contribution is 9.10. The van der Waals surface area contributed by atoms with E-state index in [1.54, 1.807) is 24.3 Å². The van der Waals surface area contributed by atoms with Crippen LogP contribution in [0, 0.1) is 0 Å². The van der Waals surface area contributed by atoms with Gasteiger partial charge < -0.3 is 0 Å². The largest absolute Gasteiger partial charge is 0.240 e. The summed E-state index contributed by atoms with van der Waals surface area (Å²) in [5.41, 5.74) is 0. The molecule has 0 spiro atoms. The van der Waals surface area contributed by atoms with Gasteiger partial charge >= 0.3 is 0 Å². The Morgan fingerprint density at radius 3 is 2.76 bits per heavy atom. The van der Waals surface area contributed by atoms with Crippen molar-refractivity contribution in [3.8, 4) is 0 Å². The number of benzene rings is 1. The summed E-state index contributed by atoms with van der Waals surface area (Å²) in [6, 6.07) is 6.62. The second kappa shape index (κ2) is 6.73. The normalized spacial score (nSPS) is 13.6. The van der Waals surface area contributed by atoms with Gasteiger partial charge in [0.15, 0.2) is 0 Å². The zero-order valence-electron chi connectivity index (χ0n) is 9.49. The van der Waals surface area contributed by atoms with E-state index in [2.05, 4.69) is 20.7 Å². The molecule has 0 amide bonds. The van der Waals surface area contributed by atoms with Crippen LogP contribution in [0.25, 0.3) is 0 Å². The number of sulfonamides is 1. The minimum Gasteiger partial charge on any atom is -0.211 e. The van der Waals surface area contributed by atoms with Crippen LogP contribution in [0.3, 0.4) is 0 Å². The van der Waals surface area contributed by atoms with E-state index in [1.165, 1.54) is 0 Å². The molecule has 0 aromatic heterocycles. The quantitative estimate of drug-likeness (QED) is 0.639.